The number of halogens is 2. The maximum absolute atomic E-state index is 16.6. The number of carbonyl (C=O) groups is 2. The van der Waals surface area contributed by atoms with Crippen LogP contribution in [0, 0.1) is 11.7 Å². The van der Waals surface area contributed by atoms with Crippen LogP contribution in [0.25, 0.3) is 11.3 Å². The first-order valence-electron chi connectivity index (χ1n) is 20.6. The van der Waals surface area contributed by atoms with E-state index in [0.717, 1.165) is 80.9 Å². The van der Waals surface area contributed by atoms with Crippen molar-refractivity contribution in [3.8, 4) is 17.0 Å². The van der Waals surface area contributed by atoms with Gasteiger partial charge < -0.3 is 40.2 Å². The highest BCUT2D eigenvalue weighted by Crippen LogP contribution is 2.43. The molecule has 0 spiro atoms. The number of likely N-dealkylation sites (tertiary alicyclic amines) is 1. The summed E-state index contributed by atoms with van der Waals surface area (Å²) in [5.74, 6) is -0.351. The predicted octanol–water partition coefficient (Wildman–Crippen LogP) is 4.64. The van der Waals surface area contributed by atoms with Gasteiger partial charge in [0.05, 0.1) is 16.9 Å². The van der Waals surface area contributed by atoms with E-state index in [2.05, 4.69) is 65.6 Å². The van der Waals surface area contributed by atoms with E-state index in [4.69, 9.17) is 0 Å². The molecule has 2 amide bonds. The number of amides is 2. The molecule has 14 heteroatoms. The minimum absolute atomic E-state index is 0.164. The summed E-state index contributed by atoms with van der Waals surface area (Å²) in [6.07, 6.45) is 5.34. The van der Waals surface area contributed by atoms with Crippen LogP contribution in [0.3, 0.4) is 0 Å². The Balaban J connectivity index is 0.780. The van der Waals surface area contributed by atoms with Gasteiger partial charge in [0.1, 0.15) is 0 Å². The fourth-order valence-electron chi connectivity index (χ4n) is 10.1. The van der Waals surface area contributed by atoms with Gasteiger partial charge in [0, 0.05) is 108 Å². The molecule has 7 heterocycles. The first-order chi connectivity index (χ1) is 27.1. The van der Waals surface area contributed by atoms with Gasteiger partial charge in [-0.25, -0.2) is 8.78 Å². The molecule has 3 N–H and O–H groups in total. The lowest BCUT2D eigenvalue weighted by atomic mass is 9.85. The number of hydrogen-bond donors (Lipinski definition) is 3. The van der Waals surface area contributed by atoms with Crippen LogP contribution in [0.5, 0.6) is 5.75 Å². The molecular weight excluding hydrogens is 717 g/mol. The Hall–Kier alpha value is -4.56. The minimum Gasteiger partial charge on any atom is -0.504 e. The Morgan fingerprint density at radius 3 is 2.59 bits per heavy atom. The number of phenolic OH excluding ortho intramolecular Hbond substituents is 1. The smallest absolute Gasteiger partial charge is 0.260 e. The summed E-state index contributed by atoms with van der Waals surface area (Å²) in [6, 6.07) is 12.8. The van der Waals surface area contributed by atoms with Crippen molar-refractivity contribution in [3.63, 3.8) is 0 Å². The monoisotopic (exact) mass is 769 g/mol. The minimum atomic E-state index is -1.89. The molecule has 0 saturated carbocycles. The van der Waals surface area contributed by atoms with Crippen molar-refractivity contribution in [2.45, 2.75) is 75.7 Å². The number of rotatable bonds is 7. The number of nitrogens with zero attached hydrogens (tertiary/aromatic N) is 7. The number of carbonyl (C=O) groups excluding carboxylic acids is 2. The van der Waals surface area contributed by atoms with Crippen LogP contribution in [0.15, 0.2) is 42.5 Å². The maximum Gasteiger partial charge on any atom is 0.260 e. The third-order valence-corrected chi connectivity index (χ3v) is 13.7. The number of piperazine rings is 1. The lowest BCUT2D eigenvalue weighted by Gasteiger charge is -2.55. The Kier molecular flexibility index (Phi) is 9.75. The van der Waals surface area contributed by atoms with E-state index in [9.17, 15) is 19.1 Å². The number of benzene rings is 2. The number of hydrogen-bond acceptors (Lipinski definition) is 10. The average molecular weight is 770 g/mol. The highest BCUT2D eigenvalue weighted by atomic mass is 19.1. The summed E-state index contributed by atoms with van der Waals surface area (Å²) < 4.78 is 30.8. The highest BCUT2D eigenvalue weighted by molar-refractivity contribution is 5.99. The Morgan fingerprint density at radius 2 is 1.82 bits per heavy atom. The van der Waals surface area contributed by atoms with Crippen molar-refractivity contribution in [3.05, 3.63) is 59.4 Å². The van der Waals surface area contributed by atoms with Gasteiger partial charge in [0.2, 0.25) is 0 Å². The molecule has 56 heavy (non-hydrogen) atoms. The molecule has 3 aromatic rings. The van der Waals surface area contributed by atoms with Crippen LogP contribution in [-0.2, 0) is 11.3 Å². The van der Waals surface area contributed by atoms with Gasteiger partial charge in [-0.15, -0.1) is 10.2 Å². The number of alkyl halides is 1. The number of aromatic nitrogens is 2. The van der Waals surface area contributed by atoms with E-state index < -0.39 is 28.7 Å². The molecule has 0 aliphatic carbocycles. The third kappa shape index (κ3) is 6.61. The Bertz CT molecular complexity index is 1980. The van der Waals surface area contributed by atoms with Crippen molar-refractivity contribution in [2.75, 3.05) is 87.1 Å². The zero-order valence-electron chi connectivity index (χ0n) is 32.3. The quantitative estimate of drug-likeness (QED) is 0.314. The highest BCUT2D eigenvalue weighted by Gasteiger charge is 2.50. The predicted molar refractivity (Wildman–Crippen MR) is 211 cm³/mol. The lowest BCUT2D eigenvalue weighted by Crippen LogP contribution is -2.69. The molecule has 4 saturated heterocycles. The fourth-order valence-corrected chi connectivity index (χ4v) is 10.1. The topological polar surface area (TPSA) is 120 Å². The fraction of sp³-hybridized carbons (Fsp3) is 0.571. The normalized spacial score (nSPS) is 25.4. The van der Waals surface area contributed by atoms with Gasteiger partial charge in [0.25, 0.3) is 11.8 Å². The van der Waals surface area contributed by atoms with Crippen LogP contribution in [0.4, 0.5) is 26.0 Å². The zero-order chi connectivity index (χ0) is 38.6. The second-order valence-corrected chi connectivity index (χ2v) is 16.9. The van der Waals surface area contributed by atoms with Gasteiger partial charge in [-0.05, 0) is 80.5 Å². The molecule has 6 aliphatic heterocycles. The first kappa shape index (κ1) is 37.0. The van der Waals surface area contributed by atoms with E-state index in [-0.39, 0.29) is 30.4 Å². The van der Waals surface area contributed by atoms with Gasteiger partial charge in [0.15, 0.2) is 23.1 Å². The Morgan fingerprint density at radius 1 is 1.00 bits per heavy atom. The third-order valence-electron chi connectivity index (χ3n) is 13.7. The van der Waals surface area contributed by atoms with Crippen molar-refractivity contribution in [1.82, 2.24) is 30.2 Å². The van der Waals surface area contributed by atoms with Crippen molar-refractivity contribution >= 4 is 29.0 Å². The summed E-state index contributed by atoms with van der Waals surface area (Å²) in [4.78, 5) is 38.1. The van der Waals surface area contributed by atoms with E-state index >= 15 is 4.39 Å². The molecule has 9 rings (SSSR count). The molecule has 4 fully saturated rings. The van der Waals surface area contributed by atoms with Crippen molar-refractivity contribution in [1.29, 1.82) is 0 Å². The van der Waals surface area contributed by atoms with Crippen molar-refractivity contribution in [2.24, 2.45) is 5.92 Å². The first-order valence-corrected chi connectivity index (χ1v) is 20.6. The lowest BCUT2D eigenvalue weighted by molar-refractivity contribution is -0.149. The molecule has 0 bridgehead atoms. The second-order valence-electron chi connectivity index (χ2n) is 16.9. The molecular formula is C42H53F2N9O3. The summed E-state index contributed by atoms with van der Waals surface area (Å²) in [7, 11) is 0. The second kappa shape index (κ2) is 14.7. The zero-order valence-corrected chi connectivity index (χ0v) is 32.3. The summed E-state index contributed by atoms with van der Waals surface area (Å²) in [6.45, 7) is 10.3. The standard InChI is InChI=1S/C42H53F2N9O3/c1-2-41-26-46-38-36(22-35(47-48-38)32-6-3-7-34(43)37(32)54)53(41)20-19-51(27-41)40(56)42(44)12-17-49(18-13-42)24-28-10-15-50(16-11-28)30-9-8-29-25-52(39(55)33(29)21-30)31-5-4-14-45-23-31/h3,6-9,21-22,28,31,45,54H,2,4-5,10-20,23-27H2,1H3,(H,46,48)/t31-,41?/m0/s1. The number of phenols is 1. The van der Waals surface area contributed by atoms with Gasteiger partial charge in [-0.3, -0.25) is 9.59 Å². The van der Waals surface area contributed by atoms with E-state index in [0.29, 0.717) is 69.7 Å². The van der Waals surface area contributed by atoms with Gasteiger partial charge in [-0.2, -0.15) is 0 Å². The molecule has 298 valence electrons. The summed E-state index contributed by atoms with van der Waals surface area (Å²) >= 11 is 0. The van der Waals surface area contributed by atoms with Crippen LogP contribution in [-0.4, -0.2) is 131 Å². The summed E-state index contributed by atoms with van der Waals surface area (Å²) in [5, 5.41) is 25.8. The molecule has 2 atom stereocenters. The number of nitrogens with one attached hydrogen (secondary N) is 2. The van der Waals surface area contributed by atoms with Gasteiger partial charge >= 0.3 is 0 Å². The van der Waals surface area contributed by atoms with Gasteiger partial charge in [-0.1, -0.05) is 19.1 Å². The molecule has 1 aromatic heterocycles. The number of aromatic hydroxyl groups is 1. The summed E-state index contributed by atoms with van der Waals surface area (Å²) in [5.41, 5.74) is 2.11. The molecule has 1 unspecified atom stereocenters. The molecule has 0 radical (unpaired) electrons. The van der Waals surface area contributed by atoms with Crippen LogP contribution >= 0.6 is 0 Å². The average Bonchev–Trinajstić information content (AvgIpc) is 3.57. The van der Waals surface area contributed by atoms with Crippen molar-refractivity contribution < 1.29 is 23.5 Å². The number of fused-ring (bicyclic) bond motifs is 4. The van der Waals surface area contributed by atoms with E-state index in [1.54, 1.807) is 17.0 Å². The maximum atomic E-state index is 16.6. The largest absolute Gasteiger partial charge is 0.504 e. The molecule has 2 aromatic carbocycles. The molecule has 12 nitrogen and oxygen atoms in total. The van der Waals surface area contributed by atoms with E-state index in [1.807, 2.05) is 0 Å². The van der Waals surface area contributed by atoms with E-state index in [1.165, 1.54) is 12.1 Å². The van der Waals surface area contributed by atoms with Crippen LogP contribution in [0.2, 0.25) is 0 Å². The molecule has 6 aliphatic rings. The number of para-hydroxylation sites is 1. The van der Waals surface area contributed by atoms with Crippen LogP contribution < -0.4 is 20.4 Å². The Labute approximate surface area is 327 Å². The number of anilines is 3. The van der Waals surface area contributed by atoms with Crippen LogP contribution in [0.1, 0.15) is 67.8 Å². The number of piperidine rings is 3. The SMILES string of the molecule is CCC12CNc3nnc(-c4cccc(F)c4O)cc3N1CCN(C(=O)C1(F)CCN(CC3CCN(c4ccc5c(c4)C(=O)N([C@H]4CCCNC4)C5)CC3)CC1)C2.